The van der Waals surface area contributed by atoms with Gasteiger partial charge in [-0.1, -0.05) is 13.8 Å². The molecule has 0 bridgehead atoms. The standard InChI is InChI=1S/C13H21N3O3/c1-13(2)7-10(17)16(12(13)19)6-5-9(11(14)18)15-8-3-4-8/h8-9,15H,3-7H2,1-2H3,(H2,14,18). The molecule has 1 unspecified atom stereocenters. The first-order valence-corrected chi connectivity index (χ1v) is 6.71. The average molecular weight is 267 g/mol. The SMILES string of the molecule is CC1(C)CC(=O)N(CCC(NC2CC2)C(N)=O)C1=O. The van der Waals surface area contributed by atoms with Crippen LogP contribution in [0, 0.1) is 5.41 Å². The maximum Gasteiger partial charge on any atom is 0.235 e. The molecule has 2 fully saturated rings. The molecule has 1 saturated carbocycles. The van der Waals surface area contributed by atoms with Gasteiger partial charge in [-0.15, -0.1) is 0 Å². The molecule has 1 atom stereocenters. The van der Waals surface area contributed by atoms with Crippen molar-refractivity contribution in [2.24, 2.45) is 11.1 Å². The van der Waals surface area contributed by atoms with Gasteiger partial charge in [0, 0.05) is 19.0 Å². The predicted octanol–water partition coefficient (Wildman–Crippen LogP) is -0.232. The lowest BCUT2D eigenvalue weighted by atomic mass is 9.92. The number of carbonyl (C=O) groups excluding carboxylic acids is 3. The fourth-order valence-corrected chi connectivity index (χ4v) is 2.35. The van der Waals surface area contributed by atoms with E-state index in [4.69, 9.17) is 5.73 Å². The normalized spacial score (nSPS) is 23.8. The van der Waals surface area contributed by atoms with Crippen LogP contribution in [0.1, 0.15) is 39.5 Å². The topological polar surface area (TPSA) is 92.5 Å². The van der Waals surface area contributed by atoms with Crippen LogP contribution in [0.25, 0.3) is 0 Å². The van der Waals surface area contributed by atoms with E-state index in [1.165, 1.54) is 4.90 Å². The van der Waals surface area contributed by atoms with Gasteiger partial charge in [0.15, 0.2) is 0 Å². The van der Waals surface area contributed by atoms with Crippen molar-refractivity contribution in [1.29, 1.82) is 0 Å². The highest BCUT2D eigenvalue weighted by atomic mass is 16.2. The molecule has 3 amide bonds. The number of nitrogens with one attached hydrogen (secondary N) is 1. The number of carbonyl (C=O) groups is 3. The Balaban J connectivity index is 1.91. The van der Waals surface area contributed by atoms with E-state index in [-0.39, 0.29) is 24.8 Å². The van der Waals surface area contributed by atoms with E-state index >= 15 is 0 Å². The highest BCUT2D eigenvalue weighted by Crippen LogP contribution is 2.31. The Morgan fingerprint density at radius 3 is 2.53 bits per heavy atom. The molecule has 6 heteroatoms. The third-order valence-corrected chi connectivity index (χ3v) is 3.72. The zero-order chi connectivity index (χ0) is 14.2. The molecule has 1 aliphatic heterocycles. The molecular weight excluding hydrogens is 246 g/mol. The van der Waals surface area contributed by atoms with Gasteiger partial charge in [-0.25, -0.2) is 0 Å². The fourth-order valence-electron chi connectivity index (χ4n) is 2.35. The second-order valence-electron chi connectivity index (χ2n) is 6.10. The lowest BCUT2D eigenvalue weighted by molar-refractivity contribution is -0.141. The van der Waals surface area contributed by atoms with Crippen molar-refractivity contribution in [3.8, 4) is 0 Å². The second-order valence-corrected chi connectivity index (χ2v) is 6.10. The Bertz CT molecular complexity index is 415. The molecule has 3 N–H and O–H groups in total. The van der Waals surface area contributed by atoms with Crippen molar-refractivity contribution in [2.75, 3.05) is 6.54 Å². The molecule has 0 radical (unpaired) electrons. The van der Waals surface area contributed by atoms with E-state index in [0.29, 0.717) is 12.5 Å². The van der Waals surface area contributed by atoms with Gasteiger partial charge in [-0.2, -0.15) is 0 Å². The van der Waals surface area contributed by atoms with Crippen LogP contribution >= 0.6 is 0 Å². The summed E-state index contributed by atoms with van der Waals surface area (Å²) in [6.07, 6.45) is 2.74. The number of nitrogens with two attached hydrogens (primary N) is 1. The number of hydrogen-bond acceptors (Lipinski definition) is 4. The number of amides is 3. The Kier molecular flexibility index (Phi) is 3.62. The number of rotatable bonds is 6. The van der Waals surface area contributed by atoms with Crippen LogP contribution in [0.4, 0.5) is 0 Å². The lowest BCUT2D eigenvalue weighted by Gasteiger charge is -2.21. The Morgan fingerprint density at radius 2 is 2.11 bits per heavy atom. The van der Waals surface area contributed by atoms with Gasteiger partial charge in [0.1, 0.15) is 0 Å². The van der Waals surface area contributed by atoms with Gasteiger partial charge in [0.25, 0.3) is 0 Å². The van der Waals surface area contributed by atoms with E-state index in [0.717, 1.165) is 12.8 Å². The van der Waals surface area contributed by atoms with Crippen molar-refractivity contribution in [1.82, 2.24) is 10.2 Å². The van der Waals surface area contributed by atoms with Crippen LogP contribution in [-0.2, 0) is 14.4 Å². The van der Waals surface area contributed by atoms with Crippen LogP contribution in [0.5, 0.6) is 0 Å². The molecule has 1 heterocycles. The third-order valence-electron chi connectivity index (χ3n) is 3.72. The maximum absolute atomic E-state index is 12.0. The second kappa shape index (κ2) is 4.92. The van der Waals surface area contributed by atoms with Gasteiger partial charge in [-0.3, -0.25) is 19.3 Å². The van der Waals surface area contributed by atoms with Crippen LogP contribution in [-0.4, -0.2) is 41.2 Å². The van der Waals surface area contributed by atoms with Gasteiger partial charge < -0.3 is 11.1 Å². The monoisotopic (exact) mass is 267 g/mol. The summed E-state index contributed by atoms with van der Waals surface area (Å²) < 4.78 is 0. The molecule has 19 heavy (non-hydrogen) atoms. The van der Waals surface area contributed by atoms with Crippen molar-refractivity contribution >= 4 is 17.7 Å². The molecule has 0 aromatic carbocycles. The molecule has 2 rings (SSSR count). The zero-order valence-electron chi connectivity index (χ0n) is 11.4. The van der Waals surface area contributed by atoms with Crippen LogP contribution in [0.2, 0.25) is 0 Å². The first-order chi connectivity index (χ1) is 8.81. The molecular formula is C13H21N3O3. The molecule has 6 nitrogen and oxygen atoms in total. The number of likely N-dealkylation sites (tertiary alicyclic amines) is 1. The van der Waals surface area contributed by atoms with Gasteiger partial charge in [0.05, 0.1) is 11.5 Å². The molecule has 0 aromatic heterocycles. The summed E-state index contributed by atoms with van der Waals surface area (Å²) in [5, 5.41) is 3.14. The minimum Gasteiger partial charge on any atom is -0.368 e. The quantitative estimate of drug-likeness (QED) is 0.650. The molecule has 1 aliphatic carbocycles. The lowest BCUT2D eigenvalue weighted by Crippen LogP contribution is -2.45. The smallest absolute Gasteiger partial charge is 0.235 e. The number of imide groups is 1. The van der Waals surface area contributed by atoms with Gasteiger partial charge >= 0.3 is 0 Å². The van der Waals surface area contributed by atoms with Crippen LogP contribution in [0.3, 0.4) is 0 Å². The molecule has 1 saturated heterocycles. The minimum atomic E-state index is -0.622. The molecule has 0 spiro atoms. The summed E-state index contributed by atoms with van der Waals surface area (Å²) in [6.45, 7) is 3.79. The van der Waals surface area contributed by atoms with Crippen LogP contribution in [0.15, 0.2) is 0 Å². The van der Waals surface area contributed by atoms with Gasteiger partial charge in [-0.05, 0) is 19.3 Å². The summed E-state index contributed by atoms with van der Waals surface area (Å²) in [5.41, 5.74) is 4.71. The summed E-state index contributed by atoms with van der Waals surface area (Å²) in [6, 6.07) is -0.101. The zero-order valence-corrected chi connectivity index (χ0v) is 11.4. The first-order valence-electron chi connectivity index (χ1n) is 6.71. The van der Waals surface area contributed by atoms with Crippen molar-refractivity contribution < 1.29 is 14.4 Å². The van der Waals surface area contributed by atoms with E-state index < -0.39 is 17.4 Å². The average Bonchev–Trinajstić information content (AvgIpc) is 3.06. The largest absolute Gasteiger partial charge is 0.368 e. The van der Waals surface area contributed by atoms with E-state index in [9.17, 15) is 14.4 Å². The van der Waals surface area contributed by atoms with E-state index in [1.54, 1.807) is 13.8 Å². The predicted molar refractivity (Wildman–Crippen MR) is 68.9 cm³/mol. The number of hydrogen-bond donors (Lipinski definition) is 2. The Hall–Kier alpha value is -1.43. The summed E-state index contributed by atoms with van der Waals surface area (Å²) in [7, 11) is 0. The van der Waals surface area contributed by atoms with Crippen LogP contribution < -0.4 is 11.1 Å². The summed E-state index contributed by atoms with van der Waals surface area (Å²) >= 11 is 0. The number of nitrogens with zero attached hydrogens (tertiary/aromatic N) is 1. The first kappa shape index (κ1) is 14.0. The molecule has 0 aromatic rings. The molecule has 106 valence electrons. The van der Waals surface area contributed by atoms with Crippen molar-refractivity contribution in [3.05, 3.63) is 0 Å². The summed E-state index contributed by atoms with van der Waals surface area (Å²) in [4.78, 5) is 36.4. The van der Waals surface area contributed by atoms with Gasteiger partial charge in [0.2, 0.25) is 17.7 Å². The van der Waals surface area contributed by atoms with E-state index in [2.05, 4.69) is 5.32 Å². The highest BCUT2D eigenvalue weighted by molar-refractivity contribution is 6.05. The fraction of sp³-hybridized carbons (Fsp3) is 0.769. The third kappa shape index (κ3) is 3.12. The number of primary amides is 1. The summed E-state index contributed by atoms with van der Waals surface area (Å²) in [5.74, 6) is -0.748. The van der Waals surface area contributed by atoms with Crippen molar-refractivity contribution in [3.63, 3.8) is 0 Å². The highest BCUT2D eigenvalue weighted by Gasteiger charge is 2.44. The minimum absolute atomic E-state index is 0.160. The Morgan fingerprint density at radius 1 is 1.47 bits per heavy atom. The maximum atomic E-state index is 12.0. The Labute approximate surface area is 112 Å². The van der Waals surface area contributed by atoms with Crippen molar-refractivity contribution in [2.45, 2.75) is 51.6 Å². The molecule has 2 aliphatic rings. The van der Waals surface area contributed by atoms with E-state index in [1.807, 2.05) is 0 Å².